The van der Waals surface area contributed by atoms with Crippen molar-refractivity contribution >= 4 is 23.2 Å². The van der Waals surface area contributed by atoms with Crippen molar-refractivity contribution in [2.45, 2.75) is 45.7 Å². The van der Waals surface area contributed by atoms with Crippen LogP contribution >= 0.6 is 11.3 Å². The van der Waals surface area contributed by atoms with Gasteiger partial charge in [0.15, 0.2) is 0 Å². The fourth-order valence-corrected chi connectivity index (χ4v) is 4.95. The van der Waals surface area contributed by atoms with Gasteiger partial charge in [-0.05, 0) is 91.8 Å². The number of carbonyl (C=O) groups excluding carboxylic acids is 2. The minimum Gasteiger partial charge on any atom is -0.494 e. The van der Waals surface area contributed by atoms with E-state index in [9.17, 15) is 22.8 Å². The molecule has 3 aromatic rings. The summed E-state index contributed by atoms with van der Waals surface area (Å²) in [6, 6.07) is 12.7. The molecule has 0 saturated carbocycles. The third-order valence-electron chi connectivity index (χ3n) is 5.82. The van der Waals surface area contributed by atoms with E-state index in [-0.39, 0.29) is 24.8 Å². The lowest BCUT2D eigenvalue weighted by Crippen LogP contribution is -2.25. The second-order valence-corrected chi connectivity index (χ2v) is 9.83. The Morgan fingerprint density at radius 3 is 2.27 bits per heavy atom. The molecular formula is C28H30F3NO4S. The van der Waals surface area contributed by atoms with Crippen LogP contribution in [0, 0.1) is 13.8 Å². The number of rotatable bonds is 11. The summed E-state index contributed by atoms with van der Waals surface area (Å²) in [5.41, 5.74) is 2.85. The molecular weight excluding hydrogens is 503 g/mol. The summed E-state index contributed by atoms with van der Waals surface area (Å²) in [5, 5.41) is 2.71. The van der Waals surface area contributed by atoms with Crippen molar-refractivity contribution in [2.75, 3.05) is 20.3 Å². The summed E-state index contributed by atoms with van der Waals surface area (Å²) >= 11 is 1.43. The van der Waals surface area contributed by atoms with E-state index in [4.69, 9.17) is 4.74 Å². The van der Waals surface area contributed by atoms with Gasteiger partial charge in [0.1, 0.15) is 5.75 Å². The van der Waals surface area contributed by atoms with Crippen molar-refractivity contribution in [3.63, 3.8) is 0 Å². The van der Waals surface area contributed by atoms with Gasteiger partial charge in [0, 0.05) is 11.4 Å². The summed E-state index contributed by atoms with van der Waals surface area (Å²) in [7, 11) is 1.31. The van der Waals surface area contributed by atoms with Gasteiger partial charge >= 0.3 is 12.1 Å². The number of hydrogen-bond donors (Lipinski definition) is 1. The maximum atomic E-state index is 12.9. The molecule has 3 rings (SSSR count). The quantitative estimate of drug-likeness (QED) is 0.219. The molecule has 2 aromatic carbocycles. The van der Waals surface area contributed by atoms with Crippen LogP contribution in [0.1, 0.15) is 50.5 Å². The predicted molar refractivity (Wildman–Crippen MR) is 138 cm³/mol. The Morgan fingerprint density at radius 2 is 1.65 bits per heavy atom. The number of carbonyl (C=O) groups is 2. The molecule has 0 bridgehead atoms. The number of esters is 1. The Balaban J connectivity index is 1.46. The maximum absolute atomic E-state index is 12.9. The Labute approximate surface area is 218 Å². The number of methoxy groups -OCH3 is 1. The minimum atomic E-state index is -4.35. The van der Waals surface area contributed by atoms with Crippen LogP contribution in [-0.2, 0) is 22.1 Å². The van der Waals surface area contributed by atoms with Crippen LogP contribution in [0.15, 0.2) is 48.5 Å². The number of hydrogen-bond acceptors (Lipinski definition) is 5. The highest BCUT2D eigenvalue weighted by Crippen LogP contribution is 2.34. The minimum absolute atomic E-state index is 0.136. The van der Waals surface area contributed by atoms with Crippen molar-refractivity contribution in [1.82, 2.24) is 5.32 Å². The molecule has 0 spiro atoms. The Kier molecular flexibility index (Phi) is 9.74. The van der Waals surface area contributed by atoms with E-state index in [0.29, 0.717) is 11.5 Å². The van der Waals surface area contributed by atoms with E-state index in [1.165, 1.54) is 30.6 Å². The third kappa shape index (κ3) is 8.08. The molecule has 0 saturated heterocycles. The lowest BCUT2D eigenvalue weighted by Gasteiger charge is -2.15. The first-order valence-electron chi connectivity index (χ1n) is 11.9. The molecule has 0 fully saturated rings. The topological polar surface area (TPSA) is 64.6 Å². The van der Waals surface area contributed by atoms with Crippen LogP contribution in [0.2, 0.25) is 0 Å². The molecule has 0 aliphatic rings. The summed E-state index contributed by atoms with van der Waals surface area (Å²) in [6.45, 7) is 4.62. The fourth-order valence-electron chi connectivity index (χ4n) is 3.98. The van der Waals surface area contributed by atoms with E-state index >= 15 is 0 Å². The zero-order chi connectivity index (χ0) is 27.0. The zero-order valence-electron chi connectivity index (χ0n) is 21.0. The van der Waals surface area contributed by atoms with Gasteiger partial charge in [0.25, 0.3) is 5.91 Å². The molecule has 0 aliphatic carbocycles. The molecule has 1 amide bonds. The van der Waals surface area contributed by atoms with E-state index in [1.807, 2.05) is 32.0 Å². The van der Waals surface area contributed by atoms with Crippen molar-refractivity contribution in [3.05, 3.63) is 75.0 Å². The number of nitrogens with one attached hydrogen (secondary N) is 1. The van der Waals surface area contributed by atoms with Gasteiger partial charge in [-0.2, -0.15) is 13.2 Å². The molecule has 0 aliphatic heterocycles. The lowest BCUT2D eigenvalue weighted by atomic mass is 9.94. The Bertz CT molecular complexity index is 1200. The van der Waals surface area contributed by atoms with Gasteiger partial charge in [-0.3, -0.25) is 9.59 Å². The van der Waals surface area contributed by atoms with E-state index in [1.54, 1.807) is 6.07 Å². The van der Waals surface area contributed by atoms with Crippen molar-refractivity contribution in [3.8, 4) is 16.9 Å². The highest BCUT2D eigenvalue weighted by Gasteiger charge is 2.30. The van der Waals surface area contributed by atoms with Crippen LogP contribution in [0.3, 0.4) is 0 Å². The molecule has 0 atom stereocenters. The zero-order valence-corrected chi connectivity index (χ0v) is 21.9. The lowest BCUT2D eigenvalue weighted by molar-refractivity contribution is -0.140. The third-order valence-corrected chi connectivity index (χ3v) is 6.96. The maximum Gasteiger partial charge on any atom is 0.416 e. The highest BCUT2D eigenvalue weighted by molar-refractivity contribution is 7.14. The highest BCUT2D eigenvalue weighted by atomic mass is 32.1. The van der Waals surface area contributed by atoms with Crippen molar-refractivity contribution in [1.29, 1.82) is 0 Å². The smallest absolute Gasteiger partial charge is 0.416 e. The standard InChI is InChI=1S/C28H30F3NO4S/c1-18-16-22(17-19(2)26(18)20-7-9-21(10-8-20)28(29,30)31)36-15-5-4-6-23-11-12-24(37-23)27(34)32-14-13-25(33)35-3/h7-12,16-17H,4-6,13-15H2,1-3H3,(H,32,34). The molecule has 198 valence electrons. The Morgan fingerprint density at radius 1 is 0.973 bits per heavy atom. The number of ether oxygens (including phenoxy) is 2. The monoisotopic (exact) mass is 533 g/mol. The summed E-state index contributed by atoms with van der Waals surface area (Å²) < 4.78 is 49.1. The number of amides is 1. The number of halogens is 3. The second kappa shape index (κ2) is 12.8. The first-order chi connectivity index (χ1) is 17.6. The number of benzene rings is 2. The molecule has 1 heterocycles. The van der Waals surface area contributed by atoms with Crippen LogP contribution in [0.5, 0.6) is 5.75 Å². The van der Waals surface area contributed by atoms with E-state index in [2.05, 4.69) is 10.1 Å². The van der Waals surface area contributed by atoms with Crippen LogP contribution in [-0.4, -0.2) is 32.1 Å². The van der Waals surface area contributed by atoms with Gasteiger partial charge in [-0.15, -0.1) is 11.3 Å². The number of alkyl halides is 3. The normalized spacial score (nSPS) is 11.3. The van der Waals surface area contributed by atoms with E-state index < -0.39 is 11.7 Å². The SMILES string of the molecule is COC(=O)CCNC(=O)c1ccc(CCCCOc2cc(C)c(-c3ccc(C(F)(F)F)cc3)c(C)c2)s1. The number of thiophene rings is 1. The molecule has 0 unspecified atom stereocenters. The molecule has 1 aromatic heterocycles. The van der Waals surface area contributed by atoms with E-state index in [0.717, 1.165) is 64.3 Å². The van der Waals surface area contributed by atoms with Gasteiger partial charge in [-0.25, -0.2) is 0 Å². The van der Waals surface area contributed by atoms with Crippen molar-refractivity contribution < 1.29 is 32.2 Å². The average molecular weight is 534 g/mol. The van der Waals surface area contributed by atoms with Crippen LogP contribution in [0.4, 0.5) is 13.2 Å². The molecule has 5 nitrogen and oxygen atoms in total. The summed E-state index contributed by atoms with van der Waals surface area (Å²) in [4.78, 5) is 25.0. The van der Waals surface area contributed by atoms with Crippen LogP contribution < -0.4 is 10.1 Å². The predicted octanol–water partition coefficient (Wildman–Crippen LogP) is 6.75. The number of unbranched alkanes of at least 4 members (excludes halogenated alkanes) is 1. The first-order valence-corrected chi connectivity index (χ1v) is 12.8. The molecule has 37 heavy (non-hydrogen) atoms. The Hall–Kier alpha value is -3.33. The molecule has 9 heteroatoms. The fraction of sp³-hybridized carbons (Fsp3) is 0.357. The second-order valence-electron chi connectivity index (χ2n) is 8.66. The van der Waals surface area contributed by atoms with Gasteiger partial charge in [0.05, 0.1) is 30.6 Å². The van der Waals surface area contributed by atoms with Gasteiger partial charge in [0.2, 0.25) is 0 Å². The largest absolute Gasteiger partial charge is 0.494 e. The van der Waals surface area contributed by atoms with Gasteiger partial charge < -0.3 is 14.8 Å². The summed E-state index contributed by atoms with van der Waals surface area (Å²) in [5.74, 6) is 0.163. The number of aryl methyl sites for hydroxylation is 3. The average Bonchev–Trinajstić information content (AvgIpc) is 3.32. The molecule has 0 radical (unpaired) electrons. The van der Waals surface area contributed by atoms with Crippen molar-refractivity contribution in [2.24, 2.45) is 0 Å². The first kappa shape index (κ1) is 28.2. The van der Waals surface area contributed by atoms with Crippen LogP contribution in [0.25, 0.3) is 11.1 Å². The summed E-state index contributed by atoms with van der Waals surface area (Å²) in [6.07, 6.45) is -1.66. The molecule has 1 N–H and O–H groups in total. The van der Waals surface area contributed by atoms with Gasteiger partial charge in [-0.1, -0.05) is 12.1 Å².